The Kier molecular flexibility index (Phi) is 4.73. The van der Waals surface area contributed by atoms with Crippen molar-refractivity contribution in [3.8, 4) is 17.1 Å². The topological polar surface area (TPSA) is 112 Å². The summed E-state index contributed by atoms with van der Waals surface area (Å²) < 4.78 is 39.5. The van der Waals surface area contributed by atoms with E-state index in [2.05, 4.69) is 10.3 Å². The zero-order valence-corrected chi connectivity index (χ0v) is 15.5. The van der Waals surface area contributed by atoms with Crippen LogP contribution in [0.1, 0.15) is 6.92 Å². The van der Waals surface area contributed by atoms with Gasteiger partial charge in [0, 0.05) is 18.0 Å². The van der Waals surface area contributed by atoms with Gasteiger partial charge in [-0.15, -0.1) is 0 Å². The first kappa shape index (κ1) is 19.0. The minimum Gasteiger partial charge on any atom is -0.491 e. The minimum atomic E-state index is -2.77. The van der Waals surface area contributed by atoms with Crippen LogP contribution in [0, 0.1) is 0 Å². The van der Waals surface area contributed by atoms with Gasteiger partial charge in [-0.3, -0.25) is 4.79 Å². The maximum Gasteiger partial charge on any atom is 0.416 e. The smallest absolute Gasteiger partial charge is 0.416 e. The monoisotopic (exact) mass is 407 g/mol. The molecule has 4 rings (SSSR count). The molecule has 2 aromatic rings. The van der Waals surface area contributed by atoms with Gasteiger partial charge < -0.3 is 25.1 Å². The van der Waals surface area contributed by atoms with Gasteiger partial charge in [0.05, 0.1) is 18.7 Å². The second-order valence-electron chi connectivity index (χ2n) is 6.78. The zero-order chi connectivity index (χ0) is 20.7. The predicted octanol–water partition coefficient (Wildman–Crippen LogP) is 1.82. The highest BCUT2D eigenvalue weighted by Gasteiger charge is 2.47. The maximum atomic E-state index is 13.5. The quantitative estimate of drug-likeness (QED) is 0.782. The van der Waals surface area contributed by atoms with Gasteiger partial charge in [-0.05, 0) is 19.1 Å². The van der Waals surface area contributed by atoms with Crippen LogP contribution < -0.4 is 20.7 Å². The summed E-state index contributed by atoms with van der Waals surface area (Å²) in [6.07, 6.45) is -3.02. The summed E-state index contributed by atoms with van der Waals surface area (Å²) in [5.74, 6) is 0.595. The normalized spacial score (nSPS) is 20.6. The summed E-state index contributed by atoms with van der Waals surface area (Å²) >= 11 is 0. The van der Waals surface area contributed by atoms with E-state index in [1.54, 1.807) is 29.0 Å². The molecule has 0 aliphatic carbocycles. The molecule has 0 radical (unpaired) electrons. The molecular weight excluding hydrogens is 388 g/mol. The number of anilines is 2. The molecule has 2 aliphatic heterocycles. The largest absolute Gasteiger partial charge is 0.491 e. The number of fused-ring (bicyclic) bond motifs is 3. The van der Waals surface area contributed by atoms with Crippen LogP contribution in [0.2, 0.25) is 0 Å². The summed E-state index contributed by atoms with van der Waals surface area (Å²) in [5, 5.41) is 2.88. The number of nitrogens with two attached hydrogens (primary N) is 1. The molecule has 1 saturated heterocycles. The first-order chi connectivity index (χ1) is 13.8. The van der Waals surface area contributed by atoms with E-state index < -0.39 is 30.6 Å². The molecule has 1 fully saturated rings. The number of benzene rings is 1. The molecule has 0 bridgehead atoms. The van der Waals surface area contributed by atoms with Gasteiger partial charge in [0.2, 0.25) is 5.91 Å². The Morgan fingerprint density at radius 1 is 1.45 bits per heavy atom. The highest BCUT2D eigenvalue weighted by atomic mass is 19.3. The van der Waals surface area contributed by atoms with Crippen LogP contribution >= 0.6 is 0 Å². The number of cyclic esters (lactones) is 1. The highest BCUT2D eigenvalue weighted by molar-refractivity contribution is 5.90. The molecule has 11 heteroatoms. The van der Waals surface area contributed by atoms with Crippen LogP contribution in [0.5, 0.6) is 5.75 Å². The second kappa shape index (κ2) is 7.22. The SMILES string of the molecule is C[C@H]1OC(=O)N(c2cn3c(n2)-c2ccc(NCC(N)=O)cc2OCC3)[C@@H]1C(F)F. The first-order valence-corrected chi connectivity index (χ1v) is 8.99. The Morgan fingerprint density at radius 2 is 2.24 bits per heavy atom. The highest BCUT2D eigenvalue weighted by Crippen LogP contribution is 2.37. The van der Waals surface area contributed by atoms with Crippen LogP contribution in [0.4, 0.5) is 25.1 Å². The number of nitrogens with one attached hydrogen (secondary N) is 1. The molecular formula is C18H19F2N5O4. The molecule has 0 spiro atoms. The number of amides is 2. The number of carbonyl (C=O) groups excluding carboxylic acids is 2. The van der Waals surface area contributed by atoms with E-state index in [9.17, 15) is 18.4 Å². The molecule has 1 aromatic carbocycles. The third-order valence-corrected chi connectivity index (χ3v) is 4.81. The van der Waals surface area contributed by atoms with Gasteiger partial charge in [0.1, 0.15) is 30.3 Å². The fraction of sp³-hybridized carbons (Fsp3) is 0.389. The lowest BCUT2D eigenvalue weighted by Crippen LogP contribution is -2.41. The van der Waals surface area contributed by atoms with Crippen LogP contribution in [0.3, 0.4) is 0 Å². The van der Waals surface area contributed by atoms with Crippen molar-refractivity contribution >= 4 is 23.5 Å². The van der Waals surface area contributed by atoms with Gasteiger partial charge in [-0.1, -0.05) is 0 Å². The summed E-state index contributed by atoms with van der Waals surface area (Å²) in [6.45, 7) is 2.13. The molecule has 3 N–H and O–H groups in total. The van der Waals surface area contributed by atoms with E-state index in [0.29, 0.717) is 36.0 Å². The van der Waals surface area contributed by atoms with Gasteiger partial charge in [-0.25, -0.2) is 23.5 Å². The maximum absolute atomic E-state index is 13.5. The molecule has 2 atom stereocenters. The second-order valence-corrected chi connectivity index (χ2v) is 6.78. The van der Waals surface area contributed by atoms with E-state index in [1.807, 2.05) is 0 Å². The van der Waals surface area contributed by atoms with Crippen molar-refractivity contribution in [1.29, 1.82) is 0 Å². The summed E-state index contributed by atoms with van der Waals surface area (Å²) in [7, 11) is 0. The van der Waals surface area contributed by atoms with Gasteiger partial charge in [0.15, 0.2) is 5.82 Å². The Hall–Kier alpha value is -3.37. The number of imidazole rings is 1. The van der Waals surface area contributed by atoms with Gasteiger partial charge in [0.25, 0.3) is 6.43 Å². The molecule has 154 valence electrons. The Labute approximate surface area is 164 Å². The summed E-state index contributed by atoms with van der Waals surface area (Å²) in [4.78, 5) is 28.4. The molecule has 0 unspecified atom stereocenters. The minimum absolute atomic E-state index is 0.0260. The average Bonchev–Trinajstić information content (AvgIpc) is 3.15. The van der Waals surface area contributed by atoms with E-state index in [4.69, 9.17) is 15.2 Å². The lowest BCUT2D eigenvalue weighted by atomic mass is 10.1. The van der Waals surface area contributed by atoms with E-state index in [0.717, 1.165) is 4.90 Å². The van der Waals surface area contributed by atoms with Gasteiger partial charge >= 0.3 is 6.09 Å². The Morgan fingerprint density at radius 3 is 2.97 bits per heavy atom. The van der Waals surface area contributed by atoms with E-state index in [-0.39, 0.29) is 12.4 Å². The van der Waals surface area contributed by atoms with Crippen molar-refractivity contribution in [2.24, 2.45) is 5.73 Å². The van der Waals surface area contributed by atoms with Crippen LogP contribution in [-0.4, -0.2) is 53.3 Å². The summed E-state index contributed by atoms with van der Waals surface area (Å²) in [5.41, 5.74) is 6.41. The van der Waals surface area contributed by atoms with Gasteiger partial charge in [-0.2, -0.15) is 0 Å². The number of aromatic nitrogens is 2. The molecule has 9 nitrogen and oxygen atoms in total. The number of nitrogens with zero attached hydrogens (tertiary/aromatic N) is 3. The average molecular weight is 407 g/mol. The number of primary amides is 1. The van der Waals surface area contributed by atoms with Crippen molar-refractivity contribution in [2.75, 3.05) is 23.4 Å². The van der Waals surface area contributed by atoms with Crippen molar-refractivity contribution in [3.63, 3.8) is 0 Å². The number of hydrogen-bond donors (Lipinski definition) is 2. The Balaban J connectivity index is 1.69. The number of hydrogen-bond acceptors (Lipinski definition) is 6. The molecule has 2 aliphatic rings. The molecule has 0 saturated carbocycles. The standard InChI is InChI=1S/C18H19F2N5O4/c1-9-15(16(19)20)25(18(27)29-9)14-8-24-4-5-28-12-6-10(22-7-13(21)26)2-3-11(12)17(24)23-14/h2-3,6,8-9,15-16,22H,4-5,7H2,1H3,(H2,21,26)/t9-,15+/m1/s1. The van der Waals surface area contributed by atoms with E-state index >= 15 is 0 Å². The molecule has 3 heterocycles. The zero-order valence-electron chi connectivity index (χ0n) is 15.5. The number of alkyl halides is 2. The Bertz CT molecular complexity index is 964. The number of rotatable bonds is 5. The lowest BCUT2D eigenvalue weighted by molar-refractivity contribution is -0.116. The fourth-order valence-electron chi connectivity index (χ4n) is 3.46. The number of ether oxygens (including phenoxy) is 2. The van der Waals surface area contributed by atoms with Crippen molar-refractivity contribution < 1.29 is 27.8 Å². The third-order valence-electron chi connectivity index (χ3n) is 4.81. The molecule has 1 aromatic heterocycles. The molecule has 2 amide bonds. The number of carbonyl (C=O) groups is 2. The summed E-state index contributed by atoms with van der Waals surface area (Å²) in [6, 6.07) is 3.76. The lowest BCUT2D eigenvalue weighted by Gasteiger charge is -2.20. The third kappa shape index (κ3) is 3.43. The molecule has 29 heavy (non-hydrogen) atoms. The number of halogens is 2. The van der Waals surface area contributed by atoms with Crippen LogP contribution in [0.25, 0.3) is 11.4 Å². The van der Waals surface area contributed by atoms with Crippen molar-refractivity contribution in [2.45, 2.75) is 32.0 Å². The van der Waals surface area contributed by atoms with Crippen molar-refractivity contribution in [3.05, 3.63) is 24.4 Å². The van der Waals surface area contributed by atoms with Crippen molar-refractivity contribution in [1.82, 2.24) is 9.55 Å². The fourth-order valence-corrected chi connectivity index (χ4v) is 3.46. The predicted molar refractivity (Wildman–Crippen MR) is 99.1 cm³/mol. The first-order valence-electron chi connectivity index (χ1n) is 8.99. The van der Waals surface area contributed by atoms with Crippen LogP contribution in [-0.2, 0) is 16.1 Å². The van der Waals surface area contributed by atoms with E-state index in [1.165, 1.54) is 6.92 Å². The van der Waals surface area contributed by atoms with Crippen LogP contribution in [0.15, 0.2) is 24.4 Å².